The lowest BCUT2D eigenvalue weighted by molar-refractivity contribution is -0.161. The van der Waals surface area contributed by atoms with Gasteiger partial charge in [-0.05, 0) is 38.5 Å². The van der Waals surface area contributed by atoms with Gasteiger partial charge in [-0.3, -0.25) is 23.4 Å². The summed E-state index contributed by atoms with van der Waals surface area (Å²) in [5, 5.41) is 8.89. The number of carboxylic acid groups (broad SMARTS) is 1. The first-order chi connectivity index (χ1) is 27.1. The predicted octanol–water partition coefficient (Wildman–Crippen LogP) is 12.1. The van der Waals surface area contributed by atoms with E-state index >= 15 is 0 Å². The van der Waals surface area contributed by atoms with Gasteiger partial charge in [0.25, 0.3) is 0 Å². The molecule has 0 saturated carbocycles. The van der Waals surface area contributed by atoms with E-state index in [1.165, 1.54) is 135 Å². The molecule has 3 atom stereocenters. The molecule has 56 heavy (non-hydrogen) atoms. The highest BCUT2D eigenvalue weighted by molar-refractivity contribution is 7.47. The number of carbonyl (C=O) groups is 3. The van der Waals surface area contributed by atoms with E-state index in [9.17, 15) is 23.8 Å². The summed E-state index contributed by atoms with van der Waals surface area (Å²) in [6.45, 7) is 2.82. The van der Waals surface area contributed by atoms with Crippen LogP contribution in [0.15, 0.2) is 12.2 Å². The number of allylic oxidation sites excluding steroid dienone is 2. The Bertz CT molecular complexity index is 1010. The third kappa shape index (κ3) is 39.1. The highest BCUT2D eigenvalue weighted by Gasteiger charge is 2.28. The number of esters is 2. The standard InChI is InChI=1S/C44H84NO10P/c1-3-5-7-9-11-13-15-17-19-20-22-24-26-28-30-32-34-36-43(47)55-40(38-53-56(50,51)54-39-41(45)44(48)49)37-52-42(46)35-33-31-29-27-25-23-21-18-16-14-12-10-8-6-4-2/h17,19,40-41H,3-16,18,20-39,45H2,1-2H3,(H,48,49)(H,50,51)/b19-17-. The first-order valence-electron chi connectivity index (χ1n) is 22.7. The molecule has 0 rings (SSSR count). The molecule has 0 aromatic heterocycles. The van der Waals surface area contributed by atoms with Crippen LogP contribution in [0.2, 0.25) is 0 Å². The van der Waals surface area contributed by atoms with Crippen LogP contribution in [-0.2, 0) is 37.5 Å². The van der Waals surface area contributed by atoms with E-state index in [1.54, 1.807) is 0 Å². The molecular formula is C44H84NO10P. The molecule has 0 aliphatic carbocycles. The molecule has 0 aliphatic heterocycles. The van der Waals surface area contributed by atoms with Gasteiger partial charge in [0.2, 0.25) is 0 Å². The van der Waals surface area contributed by atoms with Crippen LogP contribution in [0, 0.1) is 0 Å². The van der Waals surface area contributed by atoms with E-state index in [0.717, 1.165) is 44.9 Å². The fraction of sp³-hybridized carbons (Fsp3) is 0.886. The van der Waals surface area contributed by atoms with Gasteiger partial charge in [-0.2, -0.15) is 0 Å². The maximum Gasteiger partial charge on any atom is 0.472 e. The van der Waals surface area contributed by atoms with Gasteiger partial charge >= 0.3 is 25.7 Å². The molecule has 0 fully saturated rings. The van der Waals surface area contributed by atoms with Crippen LogP contribution in [0.1, 0.15) is 219 Å². The Morgan fingerprint density at radius 2 is 0.893 bits per heavy atom. The van der Waals surface area contributed by atoms with Gasteiger partial charge in [0.05, 0.1) is 13.2 Å². The number of nitrogens with two attached hydrogens (primary N) is 1. The maximum atomic E-state index is 12.6. The Morgan fingerprint density at radius 3 is 1.30 bits per heavy atom. The lowest BCUT2D eigenvalue weighted by atomic mass is 10.0. The number of hydrogen-bond acceptors (Lipinski definition) is 9. The zero-order chi connectivity index (χ0) is 41.4. The highest BCUT2D eigenvalue weighted by Crippen LogP contribution is 2.43. The minimum absolute atomic E-state index is 0.160. The SMILES string of the molecule is CCCCCCCC/C=C\CCCCCCCCCC(=O)OC(COC(=O)CCCCCCCCCCCCCCCCC)COP(=O)(O)OCC(N)C(=O)O. The summed E-state index contributed by atoms with van der Waals surface area (Å²) in [5.41, 5.74) is 5.34. The number of phosphoric ester groups is 1. The first kappa shape index (κ1) is 54.2. The number of unbranched alkanes of at least 4 members (excludes halogenated alkanes) is 27. The van der Waals surface area contributed by atoms with Crippen molar-refractivity contribution in [3.63, 3.8) is 0 Å². The minimum atomic E-state index is -4.71. The number of aliphatic carboxylic acids is 1. The molecule has 3 unspecified atom stereocenters. The van der Waals surface area contributed by atoms with Crippen molar-refractivity contribution in [2.45, 2.75) is 231 Å². The number of rotatable bonds is 43. The molecular weight excluding hydrogens is 733 g/mol. The number of ether oxygens (including phenoxy) is 2. The van der Waals surface area contributed by atoms with Crippen molar-refractivity contribution >= 4 is 25.7 Å². The summed E-state index contributed by atoms with van der Waals surface area (Å²) in [7, 11) is -4.71. The van der Waals surface area contributed by atoms with Crippen LogP contribution < -0.4 is 5.73 Å². The fourth-order valence-corrected chi connectivity index (χ4v) is 7.19. The molecule has 11 nitrogen and oxygen atoms in total. The molecule has 0 saturated heterocycles. The molecule has 12 heteroatoms. The Morgan fingerprint density at radius 1 is 0.536 bits per heavy atom. The molecule has 330 valence electrons. The summed E-state index contributed by atoms with van der Waals surface area (Å²) in [6.07, 6.45) is 39.8. The topological polar surface area (TPSA) is 172 Å². The first-order valence-corrected chi connectivity index (χ1v) is 24.2. The van der Waals surface area contributed by atoms with E-state index in [-0.39, 0.29) is 19.4 Å². The third-order valence-corrected chi connectivity index (χ3v) is 11.0. The largest absolute Gasteiger partial charge is 0.480 e. The smallest absolute Gasteiger partial charge is 0.472 e. The molecule has 0 aromatic carbocycles. The van der Waals surface area contributed by atoms with E-state index in [0.29, 0.717) is 12.8 Å². The average Bonchev–Trinajstić information content (AvgIpc) is 3.17. The Kier molecular flexibility index (Phi) is 38.7. The second kappa shape index (κ2) is 40.0. The molecule has 0 aliphatic rings. The van der Waals surface area contributed by atoms with Crippen LogP contribution in [0.25, 0.3) is 0 Å². The van der Waals surface area contributed by atoms with E-state index < -0.39 is 51.1 Å². The molecule has 0 aromatic rings. The summed E-state index contributed by atoms with van der Waals surface area (Å²) in [4.78, 5) is 46.0. The lowest BCUT2D eigenvalue weighted by Gasteiger charge is -2.20. The normalized spacial score (nSPS) is 13.8. The number of carbonyl (C=O) groups excluding carboxylic acids is 2. The van der Waals surface area contributed by atoms with Crippen molar-refractivity contribution in [3.05, 3.63) is 12.2 Å². The Hall–Kier alpha value is -1.78. The molecule has 0 radical (unpaired) electrons. The van der Waals surface area contributed by atoms with E-state index in [4.69, 9.17) is 24.8 Å². The summed E-state index contributed by atoms with van der Waals surface area (Å²) in [6, 6.07) is -1.52. The molecule has 0 spiro atoms. The second-order valence-corrected chi connectivity index (χ2v) is 17.0. The monoisotopic (exact) mass is 818 g/mol. The number of hydrogen-bond donors (Lipinski definition) is 3. The van der Waals surface area contributed by atoms with Crippen LogP contribution in [-0.4, -0.2) is 59.9 Å². The number of phosphoric acid groups is 1. The number of carboxylic acids is 1. The molecule has 0 bridgehead atoms. The van der Waals surface area contributed by atoms with Crippen LogP contribution in [0.3, 0.4) is 0 Å². The zero-order valence-corrected chi connectivity index (χ0v) is 36.6. The van der Waals surface area contributed by atoms with Gasteiger partial charge in [-0.15, -0.1) is 0 Å². The van der Waals surface area contributed by atoms with Gasteiger partial charge in [0.15, 0.2) is 6.10 Å². The Labute approximate surface area is 341 Å². The van der Waals surface area contributed by atoms with Gasteiger partial charge in [0.1, 0.15) is 12.6 Å². The summed E-state index contributed by atoms with van der Waals surface area (Å²) in [5.74, 6) is -2.37. The lowest BCUT2D eigenvalue weighted by Crippen LogP contribution is -2.34. The van der Waals surface area contributed by atoms with Gasteiger partial charge < -0.3 is 25.2 Å². The molecule has 4 N–H and O–H groups in total. The second-order valence-electron chi connectivity index (χ2n) is 15.5. The van der Waals surface area contributed by atoms with E-state index in [1.807, 2.05) is 0 Å². The summed E-state index contributed by atoms with van der Waals surface area (Å²) >= 11 is 0. The van der Waals surface area contributed by atoms with Crippen molar-refractivity contribution in [2.75, 3.05) is 19.8 Å². The zero-order valence-electron chi connectivity index (χ0n) is 35.7. The van der Waals surface area contributed by atoms with Crippen molar-refractivity contribution in [2.24, 2.45) is 5.73 Å². The van der Waals surface area contributed by atoms with Gasteiger partial charge in [-0.1, -0.05) is 180 Å². The minimum Gasteiger partial charge on any atom is -0.480 e. The van der Waals surface area contributed by atoms with E-state index in [2.05, 4.69) is 30.5 Å². The van der Waals surface area contributed by atoms with Crippen molar-refractivity contribution in [3.8, 4) is 0 Å². The average molecular weight is 818 g/mol. The van der Waals surface area contributed by atoms with Crippen LogP contribution in [0.5, 0.6) is 0 Å². The van der Waals surface area contributed by atoms with Gasteiger partial charge in [-0.25, -0.2) is 4.57 Å². The third-order valence-electron chi connectivity index (χ3n) is 10.0. The summed E-state index contributed by atoms with van der Waals surface area (Å²) < 4.78 is 32.7. The predicted molar refractivity (Wildman–Crippen MR) is 226 cm³/mol. The fourth-order valence-electron chi connectivity index (χ4n) is 6.41. The molecule has 0 amide bonds. The molecule has 0 heterocycles. The van der Waals surface area contributed by atoms with Crippen molar-refractivity contribution in [1.82, 2.24) is 0 Å². The van der Waals surface area contributed by atoms with Crippen molar-refractivity contribution < 1.29 is 47.5 Å². The maximum absolute atomic E-state index is 12.6. The quantitative estimate of drug-likeness (QED) is 0.0231. The van der Waals surface area contributed by atoms with Crippen LogP contribution >= 0.6 is 7.82 Å². The van der Waals surface area contributed by atoms with Crippen LogP contribution in [0.4, 0.5) is 0 Å². The van der Waals surface area contributed by atoms with Crippen molar-refractivity contribution in [1.29, 1.82) is 0 Å². The Balaban J connectivity index is 4.31. The highest BCUT2D eigenvalue weighted by atomic mass is 31.2. The van der Waals surface area contributed by atoms with Gasteiger partial charge in [0, 0.05) is 12.8 Å².